The lowest BCUT2D eigenvalue weighted by Gasteiger charge is -2.13. The molecule has 2 aromatic rings. The van der Waals surface area contributed by atoms with E-state index in [4.69, 9.17) is 5.26 Å². The van der Waals surface area contributed by atoms with Crippen molar-refractivity contribution in [3.05, 3.63) is 65.5 Å². The second-order valence-electron chi connectivity index (χ2n) is 4.19. The summed E-state index contributed by atoms with van der Waals surface area (Å²) in [6.45, 7) is 2.91. The first kappa shape index (κ1) is 12.3. The molecule has 0 aliphatic carbocycles. The summed E-state index contributed by atoms with van der Waals surface area (Å²) < 4.78 is 0. The molecule has 1 aromatic heterocycles. The molecule has 0 fully saturated rings. The van der Waals surface area contributed by atoms with Gasteiger partial charge in [0.2, 0.25) is 0 Å². The summed E-state index contributed by atoms with van der Waals surface area (Å²) in [5, 5.41) is 12.2. The third-order valence-electron chi connectivity index (χ3n) is 2.90. The highest BCUT2D eigenvalue weighted by Gasteiger charge is 2.03. The Morgan fingerprint density at radius 1 is 1.17 bits per heavy atom. The van der Waals surface area contributed by atoms with E-state index in [2.05, 4.69) is 23.3 Å². The maximum absolute atomic E-state index is 8.72. The minimum absolute atomic E-state index is 0.281. The first-order valence-electron chi connectivity index (χ1n) is 5.92. The van der Waals surface area contributed by atoms with Crippen molar-refractivity contribution in [2.24, 2.45) is 0 Å². The largest absolute Gasteiger partial charge is 0.306 e. The van der Waals surface area contributed by atoms with Gasteiger partial charge in [0, 0.05) is 25.0 Å². The molecule has 3 nitrogen and oxygen atoms in total. The normalized spacial score (nSPS) is 11.8. The molecule has 0 radical (unpaired) electrons. The summed E-state index contributed by atoms with van der Waals surface area (Å²) in [6.07, 6.45) is 3.60. The van der Waals surface area contributed by atoms with Crippen LogP contribution in [0.3, 0.4) is 0 Å². The molecule has 1 heterocycles. The van der Waals surface area contributed by atoms with Crippen LogP contribution in [0.1, 0.15) is 29.7 Å². The smallest absolute Gasteiger partial charge is 0.0991 e. The number of hydrogen-bond acceptors (Lipinski definition) is 3. The molecule has 90 valence electrons. The number of benzene rings is 1. The van der Waals surface area contributed by atoms with E-state index in [0.717, 1.165) is 6.54 Å². The standard InChI is InChI=1S/C15H15N3/c1-12(15-6-8-17-9-7-15)18-11-14-4-2-13(10-16)3-5-14/h2-9,12,18H,11H2,1H3/t12-/m0/s1. The summed E-state index contributed by atoms with van der Waals surface area (Å²) in [6, 6.07) is 14.1. The zero-order valence-electron chi connectivity index (χ0n) is 10.3. The van der Waals surface area contributed by atoms with Gasteiger partial charge in [-0.2, -0.15) is 5.26 Å². The van der Waals surface area contributed by atoms with E-state index in [9.17, 15) is 0 Å². The molecule has 0 bridgehead atoms. The Balaban J connectivity index is 1.93. The third kappa shape index (κ3) is 3.16. The maximum Gasteiger partial charge on any atom is 0.0991 e. The summed E-state index contributed by atoms with van der Waals surface area (Å²) >= 11 is 0. The van der Waals surface area contributed by atoms with Crippen LogP contribution in [0, 0.1) is 11.3 Å². The van der Waals surface area contributed by atoms with Gasteiger partial charge in [-0.15, -0.1) is 0 Å². The first-order chi connectivity index (χ1) is 8.79. The Morgan fingerprint density at radius 2 is 1.83 bits per heavy atom. The molecule has 0 amide bonds. The van der Waals surface area contributed by atoms with Crippen LogP contribution in [0.5, 0.6) is 0 Å². The van der Waals surface area contributed by atoms with Crippen LogP contribution in [0.2, 0.25) is 0 Å². The van der Waals surface area contributed by atoms with Crippen LogP contribution in [0.15, 0.2) is 48.8 Å². The van der Waals surface area contributed by atoms with Crippen LogP contribution in [0.25, 0.3) is 0 Å². The summed E-state index contributed by atoms with van der Waals surface area (Å²) in [4.78, 5) is 4.01. The van der Waals surface area contributed by atoms with Gasteiger partial charge in [-0.1, -0.05) is 12.1 Å². The molecule has 1 atom stereocenters. The van der Waals surface area contributed by atoms with Crippen molar-refractivity contribution in [2.75, 3.05) is 0 Å². The highest BCUT2D eigenvalue weighted by molar-refractivity contribution is 5.31. The van der Waals surface area contributed by atoms with Gasteiger partial charge in [0.25, 0.3) is 0 Å². The molecule has 3 heteroatoms. The molecule has 2 rings (SSSR count). The summed E-state index contributed by atoms with van der Waals surface area (Å²) in [7, 11) is 0. The molecular weight excluding hydrogens is 222 g/mol. The second-order valence-corrected chi connectivity index (χ2v) is 4.19. The highest BCUT2D eigenvalue weighted by atomic mass is 14.9. The quantitative estimate of drug-likeness (QED) is 0.889. The second kappa shape index (κ2) is 5.95. The molecular formula is C15H15N3. The van der Waals surface area contributed by atoms with Crippen LogP contribution >= 0.6 is 0 Å². The van der Waals surface area contributed by atoms with Crippen molar-refractivity contribution in [2.45, 2.75) is 19.5 Å². The van der Waals surface area contributed by atoms with Gasteiger partial charge in [0.05, 0.1) is 11.6 Å². The number of pyridine rings is 1. The predicted molar refractivity (Wildman–Crippen MR) is 70.6 cm³/mol. The maximum atomic E-state index is 8.72. The fourth-order valence-corrected chi connectivity index (χ4v) is 1.74. The molecule has 0 aliphatic heterocycles. The van der Waals surface area contributed by atoms with E-state index in [1.54, 1.807) is 12.4 Å². The van der Waals surface area contributed by atoms with Gasteiger partial charge < -0.3 is 5.32 Å². The minimum Gasteiger partial charge on any atom is -0.306 e. The summed E-state index contributed by atoms with van der Waals surface area (Å²) in [5.41, 5.74) is 3.09. The van der Waals surface area contributed by atoms with Crippen molar-refractivity contribution in [1.29, 1.82) is 5.26 Å². The average molecular weight is 237 g/mol. The highest BCUT2D eigenvalue weighted by Crippen LogP contribution is 2.11. The van der Waals surface area contributed by atoms with Gasteiger partial charge in [0.1, 0.15) is 0 Å². The SMILES string of the molecule is C[C@H](NCc1ccc(C#N)cc1)c1ccncc1. The predicted octanol–water partition coefficient (Wildman–Crippen LogP) is 2.80. The number of nitrogens with zero attached hydrogens (tertiary/aromatic N) is 2. The van der Waals surface area contributed by atoms with Gasteiger partial charge in [-0.3, -0.25) is 4.98 Å². The zero-order chi connectivity index (χ0) is 12.8. The lowest BCUT2D eigenvalue weighted by atomic mass is 10.1. The van der Waals surface area contributed by atoms with Gasteiger partial charge in [0.15, 0.2) is 0 Å². The molecule has 0 aliphatic rings. The number of nitriles is 1. The number of rotatable bonds is 4. The molecule has 0 saturated carbocycles. The Kier molecular flexibility index (Phi) is 4.06. The summed E-state index contributed by atoms with van der Waals surface area (Å²) in [5.74, 6) is 0. The van der Waals surface area contributed by atoms with E-state index >= 15 is 0 Å². The molecule has 1 N–H and O–H groups in total. The van der Waals surface area contributed by atoms with E-state index in [1.807, 2.05) is 36.4 Å². The Hall–Kier alpha value is -2.18. The van der Waals surface area contributed by atoms with Crippen molar-refractivity contribution in [3.8, 4) is 6.07 Å². The van der Waals surface area contributed by atoms with Crippen LogP contribution in [0.4, 0.5) is 0 Å². The van der Waals surface area contributed by atoms with Crippen LogP contribution in [-0.4, -0.2) is 4.98 Å². The zero-order valence-corrected chi connectivity index (χ0v) is 10.3. The first-order valence-corrected chi connectivity index (χ1v) is 5.92. The van der Waals surface area contributed by atoms with Gasteiger partial charge in [-0.05, 0) is 42.3 Å². The fraction of sp³-hybridized carbons (Fsp3) is 0.200. The van der Waals surface area contributed by atoms with E-state index < -0.39 is 0 Å². The molecule has 1 aromatic carbocycles. The van der Waals surface area contributed by atoms with Gasteiger partial charge >= 0.3 is 0 Å². The Bertz CT molecular complexity index is 526. The number of nitrogens with one attached hydrogen (secondary N) is 1. The number of hydrogen-bond donors (Lipinski definition) is 1. The van der Waals surface area contributed by atoms with Crippen LogP contribution in [-0.2, 0) is 6.54 Å². The van der Waals surface area contributed by atoms with Crippen molar-refractivity contribution in [1.82, 2.24) is 10.3 Å². The minimum atomic E-state index is 0.281. The van der Waals surface area contributed by atoms with Crippen LogP contribution < -0.4 is 5.32 Å². The van der Waals surface area contributed by atoms with Gasteiger partial charge in [-0.25, -0.2) is 0 Å². The van der Waals surface area contributed by atoms with Crippen molar-refractivity contribution < 1.29 is 0 Å². The molecule has 18 heavy (non-hydrogen) atoms. The van der Waals surface area contributed by atoms with Crippen molar-refractivity contribution in [3.63, 3.8) is 0 Å². The Morgan fingerprint density at radius 3 is 2.44 bits per heavy atom. The van der Waals surface area contributed by atoms with E-state index in [1.165, 1.54) is 11.1 Å². The topological polar surface area (TPSA) is 48.7 Å². The lowest BCUT2D eigenvalue weighted by Crippen LogP contribution is -2.17. The van der Waals surface area contributed by atoms with E-state index in [-0.39, 0.29) is 6.04 Å². The fourth-order valence-electron chi connectivity index (χ4n) is 1.74. The lowest BCUT2D eigenvalue weighted by molar-refractivity contribution is 0.574. The third-order valence-corrected chi connectivity index (χ3v) is 2.90. The molecule has 0 spiro atoms. The molecule has 0 saturated heterocycles. The number of aromatic nitrogens is 1. The Labute approximate surface area is 107 Å². The molecule has 0 unspecified atom stereocenters. The monoisotopic (exact) mass is 237 g/mol. The van der Waals surface area contributed by atoms with Crippen molar-refractivity contribution >= 4 is 0 Å². The van der Waals surface area contributed by atoms with E-state index in [0.29, 0.717) is 5.56 Å². The average Bonchev–Trinajstić information content (AvgIpc) is 2.46.